The summed E-state index contributed by atoms with van der Waals surface area (Å²) < 4.78 is 10.8. The minimum absolute atomic E-state index is 0.213. The largest absolute Gasteiger partial charge is 0.497 e. The molecule has 3 rings (SSSR count). The van der Waals surface area contributed by atoms with Gasteiger partial charge in [-0.05, 0) is 67.6 Å². The SMILES string of the molecule is COc1ccc(OC(C)C(=O)Nc2ccc(Nc3ccccc3)cc2)cc1. The van der Waals surface area contributed by atoms with E-state index in [1.165, 1.54) is 0 Å². The van der Waals surface area contributed by atoms with Gasteiger partial charge in [-0.25, -0.2) is 0 Å². The third-order valence-corrected chi connectivity index (χ3v) is 3.96. The average Bonchev–Trinajstić information content (AvgIpc) is 2.71. The van der Waals surface area contributed by atoms with E-state index in [-0.39, 0.29) is 5.91 Å². The fourth-order valence-electron chi connectivity index (χ4n) is 2.48. The molecule has 0 fully saturated rings. The van der Waals surface area contributed by atoms with E-state index in [9.17, 15) is 4.79 Å². The number of carbonyl (C=O) groups is 1. The van der Waals surface area contributed by atoms with E-state index in [1.807, 2.05) is 54.6 Å². The van der Waals surface area contributed by atoms with Gasteiger partial charge in [0.05, 0.1) is 7.11 Å². The van der Waals surface area contributed by atoms with Gasteiger partial charge >= 0.3 is 0 Å². The molecule has 0 saturated heterocycles. The van der Waals surface area contributed by atoms with Gasteiger partial charge in [-0.3, -0.25) is 4.79 Å². The molecule has 27 heavy (non-hydrogen) atoms. The molecule has 0 aliphatic rings. The van der Waals surface area contributed by atoms with Gasteiger partial charge in [0.25, 0.3) is 5.91 Å². The van der Waals surface area contributed by atoms with Crippen molar-refractivity contribution in [2.24, 2.45) is 0 Å². The summed E-state index contributed by atoms with van der Waals surface area (Å²) in [6, 6.07) is 24.6. The zero-order chi connectivity index (χ0) is 19.1. The molecule has 0 bridgehead atoms. The molecule has 1 unspecified atom stereocenters. The van der Waals surface area contributed by atoms with Crippen LogP contribution in [0, 0.1) is 0 Å². The second-order valence-electron chi connectivity index (χ2n) is 5.99. The maximum atomic E-state index is 12.3. The molecule has 1 atom stereocenters. The summed E-state index contributed by atoms with van der Waals surface area (Å²) >= 11 is 0. The number of rotatable bonds is 7. The van der Waals surface area contributed by atoms with Gasteiger partial charge in [-0.2, -0.15) is 0 Å². The number of anilines is 3. The monoisotopic (exact) mass is 362 g/mol. The number of hydrogen-bond acceptors (Lipinski definition) is 4. The lowest BCUT2D eigenvalue weighted by Crippen LogP contribution is -2.30. The molecular weight excluding hydrogens is 340 g/mol. The second-order valence-corrected chi connectivity index (χ2v) is 5.99. The molecule has 3 aromatic rings. The van der Waals surface area contributed by atoms with Crippen LogP contribution in [-0.4, -0.2) is 19.1 Å². The van der Waals surface area contributed by atoms with Gasteiger partial charge in [-0.1, -0.05) is 18.2 Å². The number of para-hydroxylation sites is 1. The molecule has 5 heteroatoms. The number of amides is 1. The summed E-state index contributed by atoms with van der Waals surface area (Å²) in [5.41, 5.74) is 2.67. The van der Waals surface area contributed by atoms with Crippen LogP contribution in [0.1, 0.15) is 6.92 Å². The van der Waals surface area contributed by atoms with E-state index < -0.39 is 6.10 Å². The summed E-state index contributed by atoms with van der Waals surface area (Å²) in [5, 5.41) is 6.16. The van der Waals surface area contributed by atoms with Gasteiger partial charge < -0.3 is 20.1 Å². The Balaban J connectivity index is 1.54. The van der Waals surface area contributed by atoms with Crippen LogP contribution in [0.2, 0.25) is 0 Å². The number of ether oxygens (including phenoxy) is 2. The van der Waals surface area contributed by atoms with Crippen molar-refractivity contribution in [3.63, 3.8) is 0 Å². The van der Waals surface area contributed by atoms with Crippen LogP contribution in [0.4, 0.5) is 17.1 Å². The Kier molecular flexibility index (Phi) is 5.94. The molecule has 0 radical (unpaired) electrons. The summed E-state index contributed by atoms with van der Waals surface area (Å²) in [6.45, 7) is 1.71. The van der Waals surface area contributed by atoms with Gasteiger partial charge in [-0.15, -0.1) is 0 Å². The van der Waals surface area contributed by atoms with Crippen molar-refractivity contribution in [1.82, 2.24) is 0 Å². The Labute approximate surface area is 158 Å². The van der Waals surface area contributed by atoms with Crippen LogP contribution in [0.5, 0.6) is 11.5 Å². The Morgan fingerprint density at radius 1 is 0.778 bits per heavy atom. The van der Waals surface area contributed by atoms with E-state index in [1.54, 1.807) is 38.3 Å². The highest BCUT2D eigenvalue weighted by Gasteiger charge is 2.15. The van der Waals surface area contributed by atoms with Gasteiger partial charge in [0.1, 0.15) is 11.5 Å². The van der Waals surface area contributed by atoms with E-state index in [0.717, 1.165) is 17.1 Å². The van der Waals surface area contributed by atoms with Crippen LogP contribution in [0.3, 0.4) is 0 Å². The first-order valence-corrected chi connectivity index (χ1v) is 8.68. The van der Waals surface area contributed by atoms with Crippen molar-refractivity contribution in [3.8, 4) is 11.5 Å². The van der Waals surface area contributed by atoms with Crippen LogP contribution in [-0.2, 0) is 4.79 Å². The predicted molar refractivity (Wildman–Crippen MR) is 108 cm³/mol. The summed E-state index contributed by atoms with van der Waals surface area (Å²) in [6.07, 6.45) is -0.625. The van der Waals surface area contributed by atoms with Crippen LogP contribution >= 0.6 is 0 Å². The Bertz CT molecular complexity index is 862. The van der Waals surface area contributed by atoms with Crippen LogP contribution in [0.25, 0.3) is 0 Å². The Hall–Kier alpha value is -3.47. The van der Waals surface area contributed by atoms with Crippen molar-refractivity contribution in [2.45, 2.75) is 13.0 Å². The third-order valence-electron chi connectivity index (χ3n) is 3.96. The maximum absolute atomic E-state index is 12.3. The number of benzene rings is 3. The zero-order valence-electron chi connectivity index (χ0n) is 15.3. The molecule has 0 aliphatic heterocycles. The van der Waals surface area contributed by atoms with E-state index >= 15 is 0 Å². The lowest BCUT2D eigenvalue weighted by atomic mass is 10.2. The topological polar surface area (TPSA) is 59.6 Å². The molecule has 3 aromatic carbocycles. The molecule has 0 heterocycles. The Morgan fingerprint density at radius 2 is 1.33 bits per heavy atom. The standard InChI is InChI=1S/C22H22N2O3/c1-16(27-21-14-12-20(26-2)13-15-21)22(25)24-19-10-8-18(9-11-19)23-17-6-4-3-5-7-17/h3-16,23H,1-2H3,(H,24,25). The molecule has 1 amide bonds. The normalized spacial score (nSPS) is 11.3. The number of carbonyl (C=O) groups excluding carboxylic acids is 1. The molecule has 5 nitrogen and oxygen atoms in total. The first-order valence-electron chi connectivity index (χ1n) is 8.68. The molecule has 0 spiro atoms. The minimum Gasteiger partial charge on any atom is -0.497 e. The first-order chi connectivity index (χ1) is 13.1. The predicted octanol–water partition coefficient (Wildman–Crippen LogP) is 4.84. The Morgan fingerprint density at radius 3 is 1.96 bits per heavy atom. The van der Waals surface area contributed by atoms with Crippen molar-refractivity contribution < 1.29 is 14.3 Å². The highest BCUT2D eigenvalue weighted by atomic mass is 16.5. The van der Waals surface area contributed by atoms with Crippen molar-refractivity contribution in [2.75, 3.05) is 17.7 Å². The first kappa shape index (κ1) is 18.3. The highest BCUT2D eigenvalue weighted by molar-refractivity contribution is 5.94. The molecule has 0 aromatic heterocycles. The van der Waals surface area contributed by atoms with Crippen molar-refractivity contribution in [1.29, 1.82) is 0 Å². The smallest absolute Gasteiger partial charge is 0.265 e. The number of nitrogens with one attached hydrogen (secondary N) is 2. The number of hydrogen-bond donors (Lipinski definition) is 2. The highest BCUT2D eigenvalue weighted by Crippen LogP contribution is 2.20. The molecule has 0 saturated carbocycles. The minimum atomic E-state index is -0.625. The second kappa shape index (κ2) is 8.76. The fraction of sp³-hybridized carbons (Fsp3) is 0.136. The van der Waals surface area contributed by atoms with Gasteiger partial charge in [0.2, 0.25) is 0 Å². The van der Waals surface area contributed by atoms with Crippen molar-refractivity contribution in [3.05, 3.63) is 78.9 Å². The molecule has 138 valence electrons. The van der Waals surface area contributed by atoms with Crippen LogP contribution < -0.4 is 20.1 Å². The maximum Gasteiger partial charge on any atom is 0.265 e. The number of methoxy groups -OCH3 is 1. The summed E-state index contributed by atoms with van der Waals surface area (Å²) in [7, 11) is 1.60. The summed E-state index contributed by atoms with van der Waals surface area (Å²) in [5.74, 6) is 1.14. The molecule has 2 N–H and O–H groups in total. The average molecular weight is 362 g/mol. The van der Waals surface area contributed by atoms with E-state index in [0.29, 0.717) is 11.4 Å². The van der Waals surface area contributed by atoms with Crippen LogP contribution in [0.15, 0.2) is 78.9 Å². The summed E-state index contributed by atoms with van der Waals surface area (Å²) in [4.78, 5) is 12.3. The van der Waals surface area contributed by atoms with E-state index in [2.05, 4.69) is 10.6 Å². The van der Waals surface area contributed by atoms with E-state index in [4.69, 9.17) is 9.47 Å². The fourth-order valence-corrected chi connectivity index (χ4v) is 2.48. The molecular formula is C22H22N2O3. The van der Waals surface area contributed by atoms with Gasteiger partial charge in [0.15, 0.2) is 6.10 Å². The van der Waals surface area contributed by atoms with Crippen molar-refractivity contribution >= 4 is 23.0 Å². The lowest BCUT2D eigenvalue weighted by Gasteiger charge is -2.15. The lowest BCUT2D eigenvalue weighted by molar-refractivity contribution is -0.122. The quantitative estimate of drug-likeness (QED) is 0.631. The molecule has 0 aliphatic carbocycles. The zero-order valence-corrected chi connectivity index (χ0v) is 15.3. The van der Waals surface area contributed by atoms with Gasteiger partial charge in [0, 0.05) is 17.1 Å². The third kappa shape index (κ3) is 5.25.